The monoisotopic (exact) mass is 534 g/mol. The van der Waals surface area contributed by atoms with Crippen molar-refractivity contribution in [3.8, 4) is 11.9 Å². The number of hydrogen-bond donors (Lipinski definition) is 0. The summed E-state index contributed by atoms with van der Waals surface area (Å²) in [4.78, 5) is 26.0. The molecule has 39 heavy (non-hydrogen) atoms. The van der Waals surface area contributed by atoms with E-state index in [1.54, 1.807) is 4.90 Å². The van der Waals surface area contributed by atoms with E-state index >= 15 is 0 Å². The SMILES string of the molecule is CC(CN(C)C)Oc1nc2c(c(N3CCN(C(=O)OC(C)(C)C)CC3)c1C#N)CCN(Cc1ccccc1)C2. The van der Waals surface area contributed by atoms with Crippen molar-refractivity contribution in [3.05, 3.63) is 52.7 Å². The van der Waals surface area contributed by atoms with E-state index in [2.05, 4.69) is 45.0 Å². The first-order chi connectivity index (χ1) is 18.5. The van der Waals surface area contributed by atoms with Crippen molar-refractivity contribution in [3.63, 3.8) is 0 Å². The number of piperazine rings is 1. The van der Waals surface area contributed by atoms with Gasteiger partial charge in [0, 0.05) is 57.9 Å². The Kier molecular flexibility index (Phi) is 8.98. The minimum Gasteiger partial charge on any atom is -0.472 e. The van der Waals surface area contributed by atoms with Gasteiger partial charge in [0.05, 0.1) is 11.4 Å². The standard InChI is InChI=1S/C30H42N6O3/c1-22(19-33(5)6)38-28-25(18-31)27(35-14-16-36(17-15-35)29(37)39-30(2,3)4)24-12-13-34(21-26(24)32-28)20-23-10-8-7-9-11-23/h7-11,22H,12-17,19-21H2,1-6H3. The van der Waals surface area contributed by atoms with Crippen LogP contribution in [0.4, 0.5) is 10.5 Å². The summed E-state index contributed by atoms with van der Waals surface area (Å²) < 4.78 is 11.9. The summed E-state index contributed by atoms with van der Waals surface area (Å²) in [6, 6.07) is 12.9. The summed E-state index contributed by atoms with van der Waals surface area (Å²) in [7, 11) is 4.00. The number of ether oxygens (including phenoxy) is 2. The highest BCUT2D eigenvalue weighted by molar-refractivity contribution is 5.71. The van der Waals surface area contributed by atoms with Crippen LogP contribution in [0, 0.1) is 11.3 Å². The van der Waals surface area contributed by atoms with Gasteiger partial charge in [0.2, 0.25) is 5.88 Å². The van der Waals surface area contributed by atoms with Crippen molar-refractivity contribution in [1.29, 1.82) is 5.26 Å². The highest BCUT2D eigenvalue weighted by Crippen LogP contribution is 2.37. The molecule has 1 unspecified atom stereocenters. The summed E-state index contributed by atoms with van der Waals surface area (Å²) in [5, 5.41) is 10.3. The van der Waals surface area contributed by atoms with E-state index in [4.69, 9.17) is 14.5 Å². The Hall–Kier alpha value is -3.35. The summed E-state index contributed by atoms with van der Waals surface area (Å²) >= 11 is 0. The Bertz CT molecular complexity index is 1180. The average Bonchev–Trinajstić information content (AvgIpc) is 2.87. The molecule has 0 N–H and O–H groups in total. The fourth-order valence-corrected chi connectivity index (χ4v) is 5.28. The Labute approximate surface area is 232 Å². The van der Waals surface area contributed by atoms with Crippen LogP contribution in [0.3, 0.4) is 0 Å². The first kappa shape index (κ1) is 28.7. The number of carbonyl (C=O) groups is 1. The van der Waals surface area contributed by atoms with Crippen LogP contribution in [0.2, 0.25) is 0 Å². The third-order valence-corrected chi connectivity index (χ3v) is 6.92. The number of carbonyl (C=O) groups excluding carboxylic acids is 1. The zero-order valence-corrected chi connectivity index (χ0v) is 24.2. The lowest BCUT2D eigenvalue weighted by Crippen LogP contribution is -2.50. The van der Waals surface area contributed by atoms with E-state index in [0.717, 1.165) is 36.5 Å². The third kappa shape index (κ3) is 7.40. The number of likely N-dealkylation sites (N-methyl/N-ethyl adjacent to an activating group) is 1. The Balaban J connectivity index is 1.62. The Morgan fingerprint density at radius 3 is 2.44 bits per heavy atom. The molecular weight excluding hydrogens is 492 g/mol. The second-order valence-electron chi connectivity index (χ2n) is 11.8. The molecule has 4 rings (SSSR count). The fourth-order valence-electron chi connectivity index (χ4n) is 5.28. The molecule has 0 spiro atoms. The summed E-state index contributed by atoms with van der Waals surface area (Å²) in [6.07, 6.45) is 0.384. The number of benzene rings is 1. The topological polar surface area (TPSA) is 85.2 Å². The van der Waals surface area contributed by atoms with Crippen molar-refractivity contribution in [2.45, 2.75) is 58.9 Å². The van der Waals surface area contributed by atoms with Crippen LogP contribution < -0.4 is 9.64 Å². The predicted molar refractivity (Wildman–Crippen MR) is 152 cm³/mol. The molecule has 3 heterocycles. The van der Waals surface area contributed by atoms with Gasteiger partial charge in [-0.05, 0) is 53.8 Å². The number of pyridine rings is 1. The number of rotatable bonds is 7. The lowest BCUT2D eigenvalue weighted by atomic mass is 9.97. The molecule has 0 radical (unpaired) electrons. The third-order valence-electron chi connectivity index (χ3n) is 6.92. The molecule has 1 amide bonds. The van der Waals surface area contributed by atoms with E-state index in [0.29, 0.717) is 50.7 Å². The summed E-state index contributed by atoms with van der Waals surface area (Å²) in [5.74, 6) is 0.400. The molecule has 2 aliphatic rings. The maximum absolute atomic E-state index is 12.7. The van der Waals surface area contributed by atoms with Crippen molar-refractivity contribution in [2.24, 2.45) is 0 Å². The number of fused-ring (bicyclic) bond motifs is 1. The van der Waals surface area contributed by atoms with Gasteiger partial charge in [-0.1, -0.05) is 30.3 Å². The number of aromatic nitrogens is 1. The molecule has 1 aromatic carbocycles. The van der Waals surface area contributed by atoms with E-state index in [1.165, 1.54) is 5.56 Å². The molecule has 2 aliphatic heterocycles. The molecule has 0 aliphatic carbocycles. The normalized spacial score (nSPS) is 17.0. The maximum atomic E-state index is 12.7. The quantitative estimate of drug-likeness (QED) is 0.529. The van der Waals surface area contributed by atoms with Gasteiger partial charge in [-0.2, -0.15) is 5.26 Å². The zero-order chi connectivity index (χ0) is 28.2. The van der Waals surface area contributed by atoms with Gasteiger partial charge in [0.15, 0.2) is 0 Å². The molecule has 9 nitrogen and oxygen atoms in total. The van der Waals surface area contributed by atoms with Crippen LogP contribution in [0.15, 0.2) is 30.3 Å². The van der Waals surface area contributed by atoms with Crippen LogP contribution in [-0.4, -0.2) is 90.8 Å². The van der Waals surface area contributed by atoms with Gasteiger partial charge in [-0.3, -0.25) is 4.90 Å². The summed E-state index contributed by atoms with van der Waals surface area (Å²) in [6.45, 7) is 13.1. The van der Waals surface area contributed by atoms with Crippen LogP contribution in [0.5, 0.6) is 5.88 Å². The van der Waals surface area contributed by atoms with E-state index in [9.17, 15) is 10.1 Å². The molecule has 1 saturated heterocycles. The molecule has 1 atom stereocenters. The smallest absolute Gasteiger partial charge is 0.410 e. The first-order valence-electron chi connectivity index (χ1n) is 13.8. The predicted octanol–water partition coefficient (Wildman–Crippen LogP) is 3.90. The van der Waals surface area contributed by atoms with Crippen molar-refractivity contribution in [1.82, 2.24) is 19.7 Å². The van der Waals surface area contributed by atoms with Gasteiger partial charge in [-0.15, -0.1) is 0 Å². The van der Waals surface area contributed by atoms with Crippen LogP contribution in [-0.2, 0) is 24.2 Å². The first-order valence-corrected chi connectivity index (χ1v) is 13.8. The Morgan fingerprint density at radius 1 is 1.13 bits per heavy atom. The average molecular weight is 535 g/mol. The lowest BCUT2D eigenvalue weighted by molar-refractivity contribution is 0.0240. The molecule has 0 bridgehead atoms. The number of hydrogen-bond acceptors (Lipinski definition) is 8. The number of amides is 1. The Morgan fingerprint density at radius 2 is 1.82 bits per heavy atom. The highest BCUT2D eigenvalue weighted by atomic mass is 16.6. The molecule has 210 valence electrons. The molecule has 1 fully saturated rings. The summed E-state index contributed by atoms with van der Waals surface area (Å²) in [5.41, 5.74) is 4.22. The van der Waals surface area contributed by atoms with Crippen LogP contribution in [0.25, 0.3) is 0 Å². The van der Waals surface area contributed by atoms with Gasteiger partial charge < -0.3 is 24.2 Å². The highest BCUT2D eigenvalue weighted by Gasteiger charge is 2.32. The lowest BCUT2D eigenvalue weighted by Gasteiger charge is -2.39. The largest absolute Gasteiger partial charge is 0.472 e. The molecule has 0 saturated carbocycles. The molecule has 9 heteroatoms. The molecular formula is C30H42N6O3. The number of anilines is 1. The van der Waals surface area contributed by atoms with Crippen LogP contribution >= 0.6 is 0 Å². The van der Waals surface area contributed by atoms with Crippen molar-refractivity contribution >= 4 is 11.8 Å². The molecule has 1 aromatic heterocycles. The van der Waals surface area contributed by atoms with E-state index < -0.39 is 5.60 Å². The van der Waals surface area contributed by atoms with Crippen molar-refractivity contribution < 1.29 is 14.3 Å². The minimum absolute atomic E-state index is 0.126. The second-order valence-corrected chi connectivity index (χ2v) is 11.8. The molecule has 2 aromatic rings. The van der Waals surface area contributed by atoms with Crippen molar-refractivity contribution in [2.75, 3.05) is 58.3 Å². The maximum Gasteiger partial charge on any atom is 0.410 e. The second kappa shape index (κ2) is 12.2. The van der Waals surface area contributed by atoms with Crippen LogP contribution in [0.1, 0.15) is 50.1 Å². The zero-order valence-electron chi connectivity index (χ0n) is 24.2. The van der Waals surface area contributed by atoms with Gasteiger partial charge in [0.1, 0.15) is 23.3 Å². The number of nitrogens with zero attached hydrogens (tertiary/aromatic N) is 6. The van der Waals surface area contributed by atoms with E-state index in [1.807, 2.05) is 47.9 Å². The number of nitriles is 1. The van der Waals surface area contributed by atoms with Gasteiger partial charge in [-0.25, -0.2) is 9.78 Å². The van der Waals surface area contributed by atoms with E-state index in [-0.39, 0.29) is 12.2 Å². The van der Waals surface area contributed by atoms with Gasteiger partial charge >= 0.3 is 6.09 Å². The minimum atomic E-state index is -0.534. The van der Waals surface area contributed by atoms with Gasteiger partial charge in [0.25, 0.3) is 0 Å². The fraction of sp³-hybridized carbons (Fsp3) is 0.567.